The third-order valence-electron chi connectivity index (χ3n) is 3.84. The fourth-order valence-electron chi connectivity index (χ4n) is 2.68. The molecular weight excluding hydrogens is 410 g/mol. The van der Waals surface area contributed by atoms with Gasteiger partial charge in [-0.2, -0.15) is 4.98 Å². The number of rotatable bonds is 7. The van der Waals surface area contributed by atoms with Crippen LogP contribution in [-0.2, 0) is 17.2 Å². The molecule has 2 aromatic heterocycles. The average molecular weight is 436 g/mol. The number of hydrogen-bond acceptors (Lipinski definition) is 8. The van der Waals surface area contributed by atoms with Crippen LogP contribution in [0.15, 0.2) is 27.2 Å². The van der Waals surface area contributed by atoms with Crippen LogP contribution >= 0.6 is 0 Å². The second-order valence-corrected chi connectivity index (χ2v) is 8.24. The van der Waals surface area contributed by atoms with Gasteiger partial charge in [-0.1, -0.05) is 10.3 Å². The Balaban J connectivity index is 0.000000735. The first-order valence-corrected chi connectivity index (χ1v) is 11.1. The molecule has 1 aromatic carbocycles. The van der Waals surface area contributed by atoms with Gasteiger partial charge in [-0.3, -0.25) is 4.21 Å². The van der Waals surface area contributed by atoms with Gasteiger partial charge in [0.1, 0.15) is 11.5 Å². The Kier molecular flexibility index (Phi) is 8.28. The molecule has 2 heterocycles. The van der Waals surface area contributed by atoms with E-state index in [-0.39, 0.29) is 5.69 Å². The van der Waals surface area contributed by atoms with Crippen molar-refractivity contribution in [2.75, 3.05) is 19.1 Å². The summed E-state index contributed by atoms with van der Waals surface area (Å²) in [4.78, 5) is 15.0. The number of carboxylic acids is 1. The predicted octanol–water partition coefficient (Wildman–Crippen LogP) is 3.35. The highest BCUT2D eigenvalue weighted by atomic mass is 32.2. The van der Waals surface area contributed by atoms with Gasteiger partial charge in [0.2, 0.25) is 11.7 Å². The van der Waals surface area contributed by atoms with Crippen molar-refractivity contribution in [3.8, 4) is 17.1 Å². The molecule has 0 saturated carbocycles. The lowest BCUT2D eigenvalue weighted by Gasteiger charge is -2.13. The van der Waals surface area contributed by atoms with E-state index in [1.165, 1.54) is 6.07 Å². The van der Waals surface area contributed by atoms with E-state index in [1.807, 2.05) is 26.0 Å². The maximum absolute atomic E-state index is 10.8. The summed E-state index contributed by atoms with van der Waals surface area (Å²) in [5.74, 6) is 1.33. The Hall–Kier alpha value is -3.01. The van der Waals surface area contributed by atoms with Gasteiger partial charge >= 0.3 is 5.97 Å². The summed E-state index contributed by atoms with van der Waals surface area (Å²) in [6.45, 7) is 6.16. The van der Waals surface area contributed by atoms with E-state index in [4.69, 9.17) is 18.9 Å². The molecule has 0 radical (unpaired) electrons. The number of carbonyl (C=O) groups is 1. The van der Waals surface area contributed by atoms with Crippen molar-refractivity contribution < 1.29 is 27.9 Å². The number of aryl methyl sites for hydroxylation is 4. The number of carboxylic acid groups (broad SMARTS) is 1. The maximum Gasteiger partial charge on any atom is 0.358 e. The Morgan fingerprint density at radius 2 is 1.73 bits per heavy atom. The van der Waals surface area contributed by atoms with Gasteiger partial charge in [0.25, 0.3) is 0 Å². The summed E-state index contributed by atoms with van der Waals surface area (Å²) < 4.78 is 25.5. The predicted molar refractivity (Wildman–Crippen MR) is 111 cm³/mol. The van der Waals surface area contributed by atoms with Crippen LogP contribution in [-0.4, -0.2) is 49.7 Å². The van der Waals surface area contributed by atoms with Crippen molar-refractivity contribution in [2.24, 2.45) is 0 Å². The minimum absolute atomic E-state index is 0.0834. The molecule has 162 valence electrons. The van der Waals surface area contributed by atoms with Crippen molar-refractivity contribution in [3.05, 3.63) is 46.7 Å². The third-order valence-corrected chi connectivity index (χ3v) is 3.84. The number of benzene rings is 1. The van der Waals surface area contributed by atoms with E-state index < -0.39 is 16.8 Å². The van der Waals surface area contributed by atoms with Crippen LogP contribution < -0.4 is 4.74 Å². The van der Waals surface area contributed by atoms with Gasteiger partial charge in [0.15, 0.2) is 5.69 Å². The number of aromatic carboxylic acids is 1. The molecule has 0 atom stereocenters. The minimum atomic E-state index is -1.10. The highest BCUT2D eigenvalue weighted by molar-refractivity contribution is 7.83. The fraction of sp³-hybridized carbons (Fsp3) is 0.400. The molecule has 0 aliphatic carbocycles. The molecule has 0 aliphatic heterocycles. The normalized spacial score (nSPS) is 10.6. The second kappa shape index (κ2) is 10.7. The molecule has 9 nitrogen and oxygen atoms in total. The van der Waals surface area contributed by atoms with Crippen molar-refractivity contribution in [1.29, 1.82) is 0 Å². The Morgan fingerprint density at radius 1 is 1.10 bits per heavy atom. The summed E-state index contributed by atoms with van der Waals surface area (Å²) in [6.07, 6.45) is 4.51. The maximum atomic E-state index is 10.8. The zero-order valence-electron chi connectivity index (χ0n) is 17.6. The number of aromatic nitrogens is 3. The average Bonchev–Trinajstić information content (AvgIpc) is 3.29. The third kappa shape index (κ3) is 6.80. The molecule has 10 heteroatoms. The topological polar surface area (TPSA) is 129 Å². The van der Waals surface area contributed by atoms with Crippen LogP contribution in [0.3, 0.4) is 0 Å². The van der Waals surface area contributed by atoms with Gasteiger partial charge in [0.05, 0.1) is 6.61 Å². The number of ether oxygens (including phenoxy) is 1. The number of hydrogen-bond donors (Lipinski definition) is 1. The number of nitrogens with zero attached hydrogens (tertiary/aromatic N) is 3. The molecule has 0 bridgehead atoms. The van der Waals surface area contributed by atoms with Crippen LogP contribution in [0.2, 0.25) is 0 Å². The highest BCUT2D eigenvalue weighted by Crippen LogP contribution is 2.29. The fourth-order valence-corrected chi connectivity index (χ4v) is 2.68. The SMILES string of the molecule is CS(C)=O.Cc1nc(-c2cc(C)c(OCCCc3cc(C(=O)O)no3)c(C)c2)no1. The molecule has 0 amide bonds. The van der Waals surface area contributed by atoms with E-state index in [0.717, 1.165) is 22.4 Å². The molecule has 30 heavy (non-hydrogen) atoms. The first kappa shape index (κ1) is 23.3. The molecule has 0 aliphatic rings. The quantitative estimate of drug-likeness (QED) is 0.555. The van der Waals surface area contributed by atoms with Crippen LogP contribution in [0.1, 0.15) is 39.7 Å². The molecule has 3 aromatic rings. The van der Waals surface area contributed by atoms with E-state index in [9.17, 15) is 9.00 Å². The summed E-state index contributed by atoms with van der Waals surface area (Å²) in [5, 5.41) is 16.2. The largest absolute Gasteiger partial charge is 0.493 e. The molecule has 0 unspecified atom stereocenters. The van der Waals surface area contributed by atoms with Crippen LogP contribution in [0.25, 0.3) is 11.4 Å². The molecule has 3 rings (SSSR count). The molecule has 1 N–H and O–H groups in total. The molecule has 0 spiro atoms. The van der Waals surface area contributed by atoms with Gasteiger partial charge in [-0.05, 0) is 43.5 Å². The molecular formula is C20H25N3O6S. The molecule has 0 fully saturated rings. The van der Waals surface area contributed by atoms with Crippen molar-refractivity contribution in [1.82, 2.24) is 15.3 Å². The zero-order chi connectivity index (χ0) is 22.3. The Labute approximate surface area is 176 Å². The zero-order valence-corrected chi connectivity index (χ0v) is 18.4. The minimum Gasteiger partial charge on any atom is -0.493 e. The first-order valence-electron chi connectivity index (χ1n) is 9.16. The summed E-state index contributed by atoms with van der Waals surface area (Å²) in [7, 11) is -0.611. The highest BCUT2D eigenvalue weighted by Gasteiger charge is 2.13. The lowest BCUT2D eigenvalue weighted by molar-refractivity contribution is 0.0685. The van der Waals surface area contributed by atoms with Crippen molar-refractivity contribution in [3.63, 3.8) is 0 Å². The summed E-state index contributed by atoms with van der Waals surface area (Å²) in [5.41, 5.74) is 2.76. The van der Waals surface area contributed by atoms with Gasteiger partial charge in [-0.15, -0.1) is 0 Å². The lowest BCUT2D eigenvalue weighted by atomic mass is 10.1. The van der Waals surface area contributed by atoms with Crippen LogP contribution in [0, 0.1) is 20.8 Å². The lowest BCUT2D eigenvalue weighted by Crippen LogP contribution is -2.02. The van der Waals surface area contributed by atoms with Gasteiger partial charge < -0.3 is 18.9 Å². The van der Waals surface area contributed by atoms with Crippen molar-refractivity contribution >= 4 is 16.8 Å². The van der Waals surface area contributed by atoms with Gasteiger partial charge in [-0.25, -0.2) is 4.79 Å². The Bertz CT molecular complexity index is 1000. The molecule has 0 saturated heterocycles. The van der Waals surface area contributed by atoms with Crippen LogP contribution in [0.5, 0.6) is 5.75 Å². The summed E-state index contributed by atoms with van der Waals surface area (Å²) in [6, 6.07) is 5.35. The van der Waals surface area contributed by atoms with Gasteiger partial charge in [0, 0.05) is 48.3 Å². The second-order valence-electron chi connectivity index (χ2n) is 6.75. The first-order chi connectivity index (χ1) is 14.2. The van der Waals surface area contributed by atoms with E-state index in [1.54, 1.807) is 19.4 Å². The monoisotopic (exact) mass is 435 g/mol. The van der Waals surface area contributed by atoms with Crippen LogP contribution in [0.4, 0.5) is 0 Å². The summed E-state index contributed by atoms with van der Waals surface area (Å²) >= 11 is 0. The van der Waals surface area contributed by atoms with Crippen molar-refractivity contribution in [2.45, 2.75) is 33.6 Å². The smallest absolute Gasteiger partial charge is 0.358 e. The standard InChI is InChI=1S/C18H19N3O5.C2H6OS/c1-10-7-13(17-19-12(3)25-21-17)8-11(2)16(10)24-6-4-5-14-9-15(18(22)23)20-26-14;1-4(2)3/h7-9H,4-6H2,1-3H3,(H,22,23);1-2H3. The van der Waals surface area contributed by atoms with E-state index in [0.29, 0.717) is 36.9 Å². The van der Waals surface area contributed by atoms with E-state index in [2.05, 4.69) is 15.3 Å². The Morgan fingerprint density at radius 3 is 2.23 bits per heavy atom. The van der Waals surface area contributed by atoms with E-state index >= 15 is 0 Å².